The first-order chi connectivity index (χ1) is 12.6. The van der Waals surface area contributed by atoms with Crippen LogP contribution in [0.15, 0.2) is 24.3 Å². The molecule has 1 N–H and O–H groups in total. The predicted octanol–water partition coefficient (Wildman–Crippen LogP) is 3.08. The van der Waals surface area contributed by atoms with Crippen molar-refractivity contribution in [2.24, 2.45) is 0 Å². The van der Waals surface area contributed by atoms with Gasteiger partial charge in [-0.05, 0) is 31.2 Å². The lowest BCUT2D eigenvalue weighted by Crippen LogP contribution is -2.35. The highest BCUT2D eigenvalue weighted by Crippen LogP contribution is 2.53. The highest BCUT2D eigenvalue weighted by Gasteiger charge is 2.38. The van der Waals surface area contributed by atoms with Crippen LogP contribution < -0.4 is 18.9 Å². The molecule has 138 valence electrons. The quantitative estimate of drug-likeness (QED) is 0.911. The molecule has 6 nitrogen and oxygen atoms in total. The number of hydrogen-bond acceptors (Lipinski definition) is 6. The third kappa shape index (κ3) is 2.40. The number of benzene rings is 2. The van der Waals surface area contributed by atoms with Crippen LogP contribution in [0.4, 0.5) is 0 Å². The second-order valence-corrected chi connectivity index (χ2v) is 6.67. The summed E-state index contributed by atoms with van der Waals surface area (Å²) in [6.45, 7) is 0.575. The summed E-state index contributed by atoms with van der Waals surface area (Å²) >= 11 is 0. The molecule has 2 aliphatic heterocycles. The topological polar surface area (TPSA) is 60.4 Å². The highest BCUT2D eigenvalue weighted by molar-refractivity contribution is 5.63. The SMILES string of the molecule is COc1ccc2c(c1OC)Oc1c(OC)ccc3c1C(C2)N(C)C[C@@H]3O. The summed E-state index contributed by atoms with van der Waals surface area (Å²) in [6.07, 6.45) is 0.184. The van der Waals surface area contributed by atoms with Crippen molar-refractivity contribution in [3.8, 4) is 28.7 Å². The molecule has 26 heavy (non-hydrogen) atoms. The van der Waals surface area contributed by atoms with Crippen LogP contribution in [0.3, 0.4) is 0 Å². The molecule has 0 aromatic heterocycles. The van der Waals surface area contributed by atoms with Crippen molar-refractivity contribution in [1.29, 1.82) is 0 Å². The summed E-state index contributed by atoms with van der Waals surface area (Å²) in [5.74, 6) is 3.08. The molecule has 2 aromatic carbocycles. The molecule has 0 aliphatic carbocycles. The zero-order valence-electron chi connectivity index (χ0n) is 15.4. The molecule has 1 unspecified atom stereocenters. The van der Waals surface area contributed by atoms with Crippen molar-refractivity contribution in [1.82, 2.24) is 4.90 Å². The molecule has 0 saturated carbocycles. The normalized spacial score (nSPS) is 21.1. The smallest absolute Gasteiger partial charge is 0.204 e. The molecular weight excluding hydrogens is 334 g/mol. The van der Waals surface area contributed by atoms with Crippen LogP contribution in [0.1, 0.15) is 28.8 Å². The van der Waals surface area contributed by atoms with Gasteiger partial charge in [0.15, 0.2) is 23.0 Å². The Bertz CT molecular complexity index is 851. The molecule has 0 saturated heterocycles. The zero-order chi connectivity index (χ0) is 18.4. The van der Waals surface area contributed by atoms with Gasteiger partial charge in [-0.25, -0.2) is 0 Å². The summed E-state index contributed by atoms with van der Waals surface area (Å²) in [5, 5.41) is 10.6. The van der Waals surface area contributed by atoms with Gasteiger partial charge >= 0.3 is 0 Å². The maximum atomic E-state index is 10.6. The molecule has 2 aromatic rings. The van der Waals surface area contributed by atoms with E-state index in [2.05, 4.69) is 4.90 Å². The Morgan fingerprint density at radius 1 is 1.00 bits per heavy atom. The summed E-state index contributed by atoms with van der Waals surface area (Å²) in [4.78, 5) is 2.16. The van der Waals surface area contributed by atoms with E-state index in [1.807, 2.05) is 31.3 Å². The maximum absolute atomic E-state index is 10.6. The third-order valence-corrected chi connectivity index (χ3v) is 5.30. The lowest BCUT2D eigenvalue weighted by molar-refractivity contribution is 0.0832. The average molecular weight is 357 g/mol. The van der Waals surface area contributed by atoms with Crippen molar-refractivity contribution < 1.29 is 24.1 Å². The van der Waals surface area contributed by atoms with E-state index in [1.165, 1.54) is 0 Å². The van der Waals surface area contributed by atoms with Crippen LogP contribution in [0.2, 0.25) is 0 Å². The van der Waals surface area contributed by atoms with E-state index >= 15 is 0 Å². The van der Waals surface area contributed by atoms with Crippen LogP contribution >= 0.6 is 0 Å². The molecule has 2 atom stereocenters. The van der Waals surface area contributed by atoms with Gasteiger partial charge in [0.05, 0.1) is 27.4 Å². The largest absolute Gasteiger partial charge is 0.493 e. The van der Waals surface area contributed by atoms with E-state index < -0.39 is 6.10 Å². The second kappa shape index (κ2) is 6.37. The Balaban J connectivity index is 1.99. The van der Waals surface area contributed by atoms with Crippen LogP contribution in [0.5, 0.6) is 28.7 Å². The van der Waals surface area contributed by atoms with E-state index in [1.54, 1.807) is 21.3 Å². The summed E-state index contributed by atoms with van der Waals surface area (Å²) in [6, 6.07) is 7.76. The number of aliphatic hydroxyl groups excluding tert-OH is 1. The Kier molecular flexibility index (Phi) is 4.17. The molecule has 2 aliphatic rings. The predicted molar refractivity (Wildman–Crippen MR) is 96.6 cm³/mol. The average Bonchev–Trinajstić information content (AvgIpc) is 2.82. The number of ether oxygens (including phenoxy) is 4. The van der Waals surface area contributed by atoms with E-state index in [4.69, 9.17) is 18.9 Å². The number of methoxy groups -OCH3 is 3. The van der Waals surface area contributed by atoms with Crippen molar-refractivity contribution in [2.75, 3.05) is 34.9 Å². The fourth-order valence-corrected chi connectivity index (χ4v) is 3.99. The Morgan fingerprint density at radius 2 is 1.73 bits per heavy atom. The second-order valence-electron chi connectivity index (χ2n) is 6.67. The van der Waals surface area contributed by atoms with E-state index in [0.29, 0.717) is 35.3 Å². The van der Waals surface area contributed by atoms with E-state index in [-0.39, 0.29) is 6.04 Å². The number of aliphatic hydroxyl groups is 1. The number of fused-ring (bicyclic) bond motifs is 1. The van der Waals surface area contributed by atoms with Gasteiger partial charge in [0, 0.05) is 23.7 Å². The fraction of sp³-hybridized carbons (Fsp3) is 0.400. The number of nitrogens with zero attached hydrogens (tertiary/aromatic N) is 1. The number of hydrogen-bond donors (Lipinski definition) is 1. The standard InChI is InChI=1S/C20H23NO5/c1-21-10-14(22)12-6-8-15(23-2)19-17(12)13(21)9-11-5-7-16(24-3)20(25-4)18(11)26-19/h5-8,13-14,22H,9-10H2,1-4H3/t13?,14-/m0/s1. The van der Waals surface area contributed by atoms with Gasteiger partial charge in [-0.2, -0.15) is 0 Å². The van der Waals surface area contributed by atoms with E-state index in [0.717, 1.165) is 23.1 Å². The summed E-state index contributed by atoms with van der Waals surface area (Å²) < 4.78 is 22.9. The Morgan fingerprint density at radius 3 is 2.42 bits per heavy atom. The van der Waals surface area contributed by atoms with Crippen LogP contribution in [0.25, 0.3) is 0 Å². The molecule has 0 amide bonds. The molecule has 0 fully saturated rings. The van der Waals surface area contributed by atoms with Crippen molar-refractivity contribution in [2.45, 2.75) is 18.6 Å². The Hall–Kier alpha value is -2.44. The van der Waals surface area contributed by atoms with Crippen LogP contribution in [0, 0.1) is 0 Å². The highest BCUT2D eigenvalue weighted by atomic mass is 16.5. The molecule has 6 heteroatoms. The number of likely N-dealkylation sites (N-methyl/N-ethyl adjacent to an activating group) is 1. The van der Waals surface area contributed by atoms with E-state index in [9.17, 15) is 5.11 Å². The monoisotopic (exact) mass is 357 g/mol. The first-order valence-corrected chi connectivity index (χ1v) is 8.59. The first kappa shape index (κ1) is 17.0. The van der Waals surface area contributed by atoms with Crippen LogP contribution in [-0.2, 0) is 6.42 Å². The van der Waals surface area contributed by atoms with Gasteiger partial charge in [-0.3, -0.25) is 4.90 Å². The van der Waals surface area contributed by atoms with Gasteiger partial charge in [0.2, 0.25) is 5.75 Å². The minimum atomic E-state index is -0.558. The minimum Gasteiger partial charge on any atom is -0.493 e. The van der Waals surface area contributed by atoms with Crippen molar-refractivity contribution >= 4 is 0 Å². The number of β-amino-alcohol motifs (C(OH)–C–C–N with tert-alkyl or cyclic N) is 1. The summed E-state index contributed by atoms with van der Waals surface area (Å²) in [5.41, 5.74) is 2.89. The van der Waals surface area contributed by atoms with Crippen LogP contribution in [-0.4, -0.2) is 44.9 Å². The fourth-order valence-electron chi connectivity index (χ4n) is 3.99. The van der Waals surface area contributed by atoms with Gasteiger partial charge in [0.1, 0.15) is 0 Å². The lowest BCUT2D eigenvalue weighted by Gasteiger charge is -2.37. The van der Waals surface area contributed by atoms with Gasteiger partial charge in [-0.1, -0.05) is 12.1 Å². The Labute approximate surface area is 152 Å². The number of rotatable bonds is 3. The summed E-state index contributed by atoms with van der Waals surface area (Å²) in [7, 11) is 6.85. The van der Waals surface area contributed by atoms with Gasteiger partial charge < -0.3 is 24.1 Å². The third-order valence-electron chi connectivity index (χ3n) is 5.30. The maximum Gasteiger partial charge on any atom is 0.204 e. The molecule has 0 bridgehead atoms. The molecule has 0 spiro atoms. The zero-order valence-corrected chi connectivity index (χ0v) is 15.4. The molecule has 0 radical (unpaired) electrons. The first-order valence-electron chi connectivity index (χ1n) is 8.59. The molecule has 4 rings (SSSR count). The van der Waals surface area contributed by atoms with Gasteiger partial charge in [-0.15, -0.1) is 0 Å². The van der Waals surface area contributed by atoms with Gasteiger partial charge in [0.25, 0.3) is 0 Å². The molecule has 2 heterocycles. The lowest BCUT2D eigenvalue weighted by atomic mass is 9.87. The van der Waals surface area contributed by atoms with Crippen molar-refractivity contribution in [3.63, 3.8) is 0 Å². The minimum absolute atomic E-state index is 0.0813. The molecular formula is C20H23NO5. The van der Waals surface area contributed by atoms with Crippen molar-refractivity contribution in [3.05, 3.63) is 41.0 Å².